The van der Waals surface area contributed by atoms with E-state index in [0.717, 1.165) is 0 Å². The molecule has 0 amide bonds. The van der Waals surface area contributed by atoms with Gasteiger partial charge < -0.3 is 24.8 Å². The Hall–Kier alpha value is -0.447. The van der Waals surface area contributed by atoms with Crippen molar-refractivity contribution in [2.75, 3.05) is 0 Å². The summed E-state index contributed by atoms with van der Waals surface area (Å²) in [5, 5.41) is 7.79. The molecule has 0 spiro atoms. The van der Waals surface area contributed by atoms with Gasteiger partial charge in [-0.05, 0) is 17.2 Å². The van der Waals surface area contributed by atoms with Crippen LogP contribution in [0, 0.1) is 13.8 Å². The van der Waals surface area contributed by atoms with E-state index in [4.69, 9.17) is 0 Å². The third-order valence-corrected chi connectivity index (χ3v) is 8.91. The number of aryl methyl sites for hydroxylation is 2. The summed E-state index contributed by atoms with van der Waals surface area (Å²) in [6.07, 6.45) is 0. The van der Waals surface area contributed by atoms with Gasteiger partial charge in [0.05, 0.1) is 0 Å². The molecule has 170 valence electrons. The van der Waals surface area contributed by atoms with Crippen LogP contribution in [0.15, 0.2) is 66.7 Å². The van der Waals surface area contributed by atoms with Crippen molar-refractivity contribution in [2.45, 2.75) is 65.7 Å². The van der Waals surface area contributed by atoms with E-state index in [9.17, 15) is 0 Å². The predicted octanol–water partition coefficient (Wildman–Crippen LogP) is 2.44. The fraction of sp³-hybridized carbons (Fsp3) is 0.357. The summed E-state index contributed by atoms with van der Waals surface area (Å²) in [4.78, 5) is 0. The van der Waals surface area contributed by atoms with Crippen molar-refractivity contribution in [1.82, 2.24) is 0 Å². The van der Waals surface area contributed by atoms with Gasteiger partial charge in [0.1, 0.15) is 0 Å². The quantitative estimate of drug-likeness (QED) is 0.246. The first kappa shape index (κ1) is 31.6. The van der Waals surface area contributed by atoms with Crippen molar-refractivity contribution in [3.8, 4) is 0 Å². The molecule has 0 heterocycles. The van der Waals surface area contributed by atoms with Gasteiger partial charge in [0, 0.05) is 0 Å². The van der Waals surface area contributed by atoms with Crippen LogP contribution in [-0.4, -0.2) is 10.3 Å². The van der Waals surface area contributed by atoms with E-state index in [1.807, 2.05) is 0 Å². The molecule has 0 bridgehead atoms. The van der Waals surface area contributed by atoms with Crippen LogP contribution in [-0.2, 0) is 26.2 Å². The Labute approximate surface area is 228 Å². The Balaban J connectivity index is 0.000000598. The minimum atomic E-state index is -0.185. The fourth-order valence-corrected chi connectivity index (χ4v) is 8.68. The molecule has 32 heavy (non-hydrogen) atoms. The van der Waals surface area contributed by atoms with Crippen molar-refractivity contribution in [3.05, 3.63) is 77.9 Å². The zero-order valence-electron chi connectivity index (χ0n) is 20.6. The summed E-state index contributed by atoms with van der Waals surface area (Å²) in [5.74, 6) is 0. The Kier molecular flexibility index (Phi) is 12.1. The SMILES string of the molecule is CC(C)(C)P(c1cc2ccccc2[cH-]1)C(C)(C)C.Cc1ccc(C)c2[cH-]ccc12.[Cl-].[Cl-].[Zr+4]. The van der Waals surface area contributed by atoms with Gasteiger partial charge in [-0.15, -0.1) is 68.8 Å². The maximum atomic E-state index is 2.40. The second-order valence-corrected chi connectivity index (χ2v) is 13.9. The molecule has 0 saturated heterocycles. The van der Waals surface area contributed by atoms with Crippen LogP contribution in [0.25, 0.3) is 21.5 Å². The molecule has 0 atom stereocenters. The average molecular weight is 565 g/mol. The molecule has 4 aromatic carbocycles. The first-order chi connectivity index (χ1) is 13.5. The molecule has 0 aliphatic rings. The van der Waals surface area contributed by atoms with Crippen molar-refractivity contribution in [1.29, 1.82) is 0 Å². The molecular formula is C28H35Cl2PZr. The summed E-state index contributed by atoms with van der Waals surface area (Å²) >= 11 is 0. The van der Waals surface area contributed by atoms with Gasteiger partial charge in [0.2, 0.25) is 0 Å². The van der Waals surface area contributed by atoms with Crippen LogP contribution in [0.5, 0.6) is 0 Å². The monoisotopic (exact) mass is 562 g/mol. The van der Waals surface area contributed by atoms with E-state index < -0.39 is 0 Å². The number of fused-ring (bicyclic) bond motifs is 2. The summed E-state index contributed by atoms with van der Waals surface area (Å²) in [6, 6.07) is 24.3. The molecule has 0 N–H and O–H groups in total. The number of halogens is 2. The first-order valence-electron chi connectivity index (χ1n) is 10.6. The Morgan fingerprint density at radius 2 is 1.31 bits per heavy atom. The van der Waals surface area contributed by atoms with E-state index in [0.29, 0.717) is 10.3 Å². The van der Waals surface area contributed by atoms with Crippen molar-refractivity contribution >= 4 is 34.8 Å². The van der Waals surface area contributed by atoms with Crippen molar-refractivity contribution in [2.24, 2.45) is 0 Å². The zero-order valence-corrected chi connectivity index (χ0v) is 25.4. The van der Waals surface area contributed by atoms with E-state index >= 15 is 0 Å². The molecule has 0 nitrogen and oxygen atoms in total. The number of benzene rings is 2. The molecule has 0 aliphatic heterocycles. The van der Waals surface area contributed by atoms with Crippen LogP contribution < -0.4 is 30.1 Å². The van der Waals surface area contributed by atoms with Crippen molar-refractivity contribution in [3.63, 3.8) is 0 Å². The topological polar surface area (TPSA) is 0 Å². The van der Waals surface area contributed by atoms with E-state index in [2.05, 4.69) is 122 Å². The molecule has 0 aromatic heterocycles. The molecule has 4 rings (SSSR count). The Morgan fingerprint density at radius 3 is 1.84 bits per heavy atom. The van der Waals surface area contributed by atoms with E-state index in [-0.39, 0.29) is 58.9 Å². The zero-order chi connectivity index (χ0) is 21.4. The van der Waals surface area contributed by atoms with Crippen LogP contribution >= 0.6 is 7.92 Å². The van der Waals surface area contributed by atoms with Crippen LogP contribution in [0.3, 0.4) is 0 Å². The van der Waals surface area contributed by atoms with Gasteiger partial charge in [0.15, 0.2) is 0 Å². The molecule has 4 aromatic rings. The minimum absolute atomic E-state index is 0. The van der Waals surface area contributed by atoms with Gasteiger partial charge in [-0.2, -0.15) is 18.2 Å². The first-order valence-corrected chi connectivity index (χ1v) is 11.9. The van der Waals surface area contributed by atoms with Crippen LogP contribution in [0.1, 0.15) is 52.7 Å². The predicted molar refractivity (Wildman–Crippen MR) is 135 cm³/mol. The Morgan fingerprint density at radius 1 is 0.750 bits per heavy atom. The summed E-state index contributed by atoms with van der Waals surface area (Å²) in [6.45, 7) is 18.6. The molecule has 0 radical (unpaired) electrons. The van der Waals surface area contributed by atoms with E-state index in [1.165, 1.54) is 32.7 Å². The summed E-state index contributed by atoms with van der Waals surface area (Å²) in [5.41, 5.74) is 2.74. The van der Waals surface area contributed by atoms with Gasteiger partial charge in [-0.3, -0.25) is 0 Å². The van der Waals surface area contributed by atoms with Crippen LogP contribution in [0.4, 0.5) is 0 Å². The summed E-state index contributed by atoms with van der Waals surface area (Å²) < 4.78 is 0. The summed E-state index contributed by atoms with van der Waals surface area (Å²) in [7, 11) is -0.185. The third kappa shape index (κ3) is 7.27. The third-order valence-electron chi connectivity index (χ3n) is 5.45. The van der Waals surface area contributed by atoms with Gasteiger partial charge in [-0.1, -0.05) is 74.1 Å². The minimum Gasteiger partial charge on any atom is -1.00 e. The van der Waals surface area contributed by atoms with Crippen LogP contribution in [0.2, 0.25) is 0 Å². The van der Waals surface area contributed by atoms with E-state index in [1.54, 1.807) is 5.30 Å². The smallest absolute Gasteiger partial charge is 1.00 e. The molecule has 4 heteroatoms. The second kappa shape index (κ2) is 12.3. The Bertz CT molecular complexity index is 1030. The molecular weight excluding hydrogens is 529 g/mol. The fourth-order valence-electron chi connectivity index (χ4n) is 4.58. The van der Waals surface area contributed by atoms with Gasteiger partial charge in [-0.25, -0.2) is 0 Å². The van der Waals surface area contributed by atoms with Gasteiger partial charge in [0.25, 0.3) is 0 Å². The molecule has 0 fully saturated rings. The van der Waals surface area contributed by atoms with Crippen molar-refractivity contribution < 1.29 is 51.0 Å². The number of rotatable bonds is 1. The maximum absolute atomic E-state index is 2.40. The largest absolute Gasteiger partial charge is 4.00 e. The molecule has 0 unspecified atom stereocenters. The second-order valence-electron chi connectivity index (χ2n) is 10.1. The molecule has 0 saturated carbocycles. The average Bonchev–Trinajstić information content (AvgIpc) is 3.23. The standard InChI is InChI=1S/C17H24P.C11H11.2ClH.Zr/c1-16(2,3)18(17(4,5)6)15-11-13-9-7-8-10-14(13)12-15;1-8-6-7-9(2)11-5-3-4-10(8)11;;;/h7-12H,1-6H3;3-7H,1-2H3;2*1H;/q2*-1;;;+4/p-2. The molecule has 0 aliphatic carbocycles. The number of hydrogen-bond acceptors (Lipinski definition) is 0. The maximum Gasteiger partial charge on any atom is 4.00 e. The normalized spacial score (nSPS) is 11.3. The van der Waals surface area contributed by atoms with Gasteiger partial charge >= 0.3 is 26.2 Å². The number of hydrogen-bond donors (Lipinski definition) is 0.